The lowest BCUT2D eigenvalue weighted by Crippen LogP contribution is -2.08. The van der Waals surface area contributed by atoms with Crippen molar-refractivity contribution in [2.24, 2.45) is 0 Å². The molecule has 0 radical (unpaired) electrons. The highest BCUT2D eigenvalue weighted by Gasteiger charge is 1.95. The van der Waals surface area contributed by atoms with Crippen LogP contribution in [-0.4, -0.2) is 32.7 Å². The average molecular weight is 214 g/mol. The molecule has 0 aliphatic heterocycles. The minimum absolute atomic E-state index is 0.258. The molecule has 0 aliphatic rings. The van der Waals surface area contributed by atoms with Crippen molar-refractivity contribution in [1.82, 2.24) is 9.97 Å². The highest BCUT2D eigenvalue weighted by molar-refractivity contribution is 7.84. The molecule has 3 N–H and O–H groups in total. The van der Waals surface area contributed by atoms with Crippen molar-refractivity contribution in [3.05, 3.63) is 12.3 Å². The van der Waals surface area contributed by atoms with Crippen LogP contribution in [0.5, 0.6) is 0 Å². The van der Waals surface area contributed by atoms with Gasteiger partial charge in [0.1, 0.15) is 5.82 Å². The van der Waals surface area contributed by atoms with E-state index in [1.807, 2.05) is 0 Å². The molecule has 0 fully saturated rings. The molecule has 6 heteroatoms. The number of rotatable bonds is 5. The van der Waals surface area contributed by atoms with Gasteiger partial charge in [-0.25, -0.2) is 4.98 Å². The van der Waals surface area contributed by atoms with E-state index in [0.717, 1.165) is 13.0 Å². The van der Waals surface area contributed by atoms with Crippen LogP contribution in [0.3, 0.4) is 0 Å². The van der Waals surface area contributed by atoms with Crippen LogP contribution in [0.15, 0.2) is 12.3 Å². The van der Waals surface area contributed by atoms with E-state index < -0.39 is 10.8 Å². The van der Waals surface area contributed by atoms with Gasteiger partial charge in [-0.05, 0) is 12.5 Å². The Morgan fingerprint density at radius 3 is 3.07 bits per heavy atom. The summed E-state index contributed by atoms with van der Waals surface area (Å²) in [5.41, 5.74) is 5.40. The van der Waals surface area contributed by atoms with Crippen LogP contribution < -0.4 is 11.1 Å². The van der Waals surface area contributed by atoms with Crippen LogP contribution in [0.2, 0.25) is 0 Å². The fourth-order valence-electron chi connectivity index (χ4n) is 0.964. The van der Waals surface area contributed by atoms with Crippen LogP contribution in [0.4, 0.5) is 11.8 Å². The van der Waals surface area contributed by atoms with Crippen molar-refractivity contribution in [3.63, 3.8) is 0 Å². The van der Waals surface area contributed by atoms with Gasteiger partial charge in [0.25, 0.3) is 0 Å². The Balaban J connectivity index is 2.28. The monoisotopic (exact) mass is 214 g/mol. The predicted molar refractivity (Wildman–Crippen MR) is 58.5 cm³/mol. The van der Waals surface area contributed by atoms with Crippen molar-refractivity contribution < 1.29 is 4.21 Å². The molecule has 0 bridgehead atoms. The van der Waals surface area contributed by atoms with Gasteiger partial charge in [0.15, 0.2) is 0 Å². The molecular weight excluding hydrogens is 200 g/mol. The summed E-state index contributed by atoms with van der Waals surface area (Å²) in [6.45, 7) is 0.746. The molecular formula is C8H14N4OS. The summed E-state index contributed by atoms with van der Waals surface area (Å²) in [4.78, 5) is 7.74. The zero-order chi connectivity index (χ0) is 10.4. The van der Waals surface area contributed by atoms with E-state index in [9.17, 15) is 4.21 Å². The summed E-state index contributed by atoms with van der Waals surface area (Å²) in [5, 5.41) is 3.08. The zero-order valence-corrected chi connectivity index (χ0v) is 8.88. The maximum absolute atomic E-state index is 10.7. The van der Waals surface area contributed by atoms with Gasteiger partial charge in [-0.15, -0.1) is 0 Å². The second-order valence-corrected chi connectivity index (χ2v) is 4.41. The zero-order valence-electron chi connectivity index (χ0n) is 8.06. The highest BCUT2D eigenvalue weighted by Crippen LogP contribution is 2.02. The number of aromatic nitrogens is 2. The van der Waals surface area contributed by atoms with Gasteiger partial charge in [0.05, 0.1) is 0 Å². The van der Waals surface area contributed by atoms with Crippen molar-refractivity contribution in [1.29, 1.82) is 0 Å². The molecule has 14 heavy (non-hydrogen) atoms. The largest absolute Gasteiger partial charge is 0.370 e. The third-order valence-corrected chi connectivity index (χ3v) is 2.45. The van der Waals surface area contributed by atoms with Crippen LogP contribution in [0, 0.1) is 0 Å². The van der Waals surface area contributed by atoms with Gasteiger partial charge in [0.2, 0.25) is 5.95 Å². The second-order valence-electron chi connectivity index (χ2n) is 2.86. The van der Waals surface area contributed by atoms with Crippen molar-refractivity contribution >= 4 is 22.6 Å². The fourth-order valence-corrected chi connectivity index (χ4v) is 1.51. The molecule has 0 aromatic carbocycles. The second kappa shape index (κ2) is 5.54. The van der Waals surface area contributed by atoms with Gasteiger partial charge in [-0.1, -0.05) is 0 Å². The quantitative estimate of drug-likeness (QED) is 0.686. The summed E-state index contributed by atoms with van der Waals surface area (Å²) in [6, 6.07) is 1.75. The Morgan fingerprint density at radius 1 is 1.64 bits per heavy atom. The molecule has 1 rings (SSSR count). The molecule has 78 valence electrons. The van der Waals surface area contributed by atoms with E-state index in [-0.39, 0.29) is 5.95 Å². The van der Waals surface area contributed by atoms with E-state index in [1.54, 1.807) is 18.5 Å². The fraction of sp³-hybridized carbons (Fsp3) is 0.500. The lowest BCUT2D eigenvalue weighted by atomic mass is 10.4. The number of anilines is 2. The molecule has 0 saturated heterocycles. The van der Waals surface area contributed by atoms with Gasteiger partial charge in [-0.3, -0.25) is 4.21 Å². The summed E-state index contributed by atoms with van der Waals surface area (Å²) in [6.07, 6.45) is 4.15. The summed E-state index contributed by atoms with van der Waals surface area (Å²) >= 11 is 0. The third-order valence-electron chi connectivity index (χ3n) is 1.59. The summed E-state index contributed by atoms with van der Waals surface area (Å²) in [7, 11) is -0.725. The third kappa shape index (κ3) is 4.18. The van der Waals surface area contributed by atoms with E-state index in [2.05, 4.69) is 15.3 Å². The summed E-state index contributed by atoms with van der Waals surface area (Å²) in [5.74, 6) is 1.67. The van der Waals surface area contributed by atoms with E-state index in [4.69, 9.17) is 5.73 Å². The molecule has 0 amide bonds. The molecule has 0 saturated carbocycles. The van der Waals surface area contributed by atoms with E-state index in [0.29, 0.717) is 11.6 Å². The van der Waals surface area contributed by atoms with Gasteiger partial charge >= 0.3 is 0 Å². The Kier molecular flexibility index (Phi) is 4.31. The molecule has 1 atom stereocenters. The van der Waals surface area contributed by atoms with Crippen LogP contribution in [0.25, 0.3) is 0 Å². The molecule has 1 heterocycles. The summed E-state index contributed by atoms with van der Waals surface area (Å²) < 4.78 is 10.7. The number of hydrogen-bond acceptors (Lipinski definition) is 5. The molecule has 1 unspecified atom stereocenters. The Labute approximate surface area is 85.6 Å². The smallest absolute Gasteiger partial charge is 0.221 e. The Hall–Kier alpha value is -1.17. The standard InChI is InChI=1S/C8H14N4OS/c1-14(13)6-2-4-10-7-3-5-11-8(9)12-7/h3,5H,2,4,6H2,1H3,(H3,9,10,11,12). The normalized spacial score (nSPS) is 12.4. The molecule has 1 aromatic heterocycles. The van der Waals surface area contributed by atoms with Crippen LogP contribution in [0.1, 0.15) is 6.42 Å². The van der Waals surface area contributed by atoms with Gasteiger partial charge < -0.3 is 11.1 Å². The maximum Gasteiger partial charge on any atom is 0.221 e. The number of nitrogens with one attached hydrogen (secondary N) is 1. The minimum Gasteiger partial charge on any atom is -0.370 e. The van der Waals surface area contributed by atoms with Crippen molar-refractivity contribution in [3.8, 4) is 0 Å². The first kappa shape index (κ1) is 10.9. The minimum atomic E-state index is -0.725. The highest BCUT2D eigenvalue weighted by atomic mass is 32.2. The van der Waals surface area contributed by atoms with Crippen molar-refractivity contribution in [2.45, 2.75) is 6.42 Å². The first-order valence-electron chi connectivity index (χ1n) is 4.31. The topological polar surface area (TPSA) is 80.9 Å². The van der Waals surface area contributed by atoms with Crippen LogP contribution in [-0.2, 0) is 10.8 Å². The van der Waals surface area contributed by atoms with Gasteiger partial charge in [-0.2, -0.15) is 4.98 Å². The van der Waals surface area contributed by atoms with E-state index >= 15 is 0 Å². The van der Waals surface area contributed by atoms with E-state index in [1.165, 1.54) is 0 Å². The number of hydrogen-bond donors (Lipinski definition) is 2. The predicted octanol–water partition coefficient (Wildman–Crippen LogP) is 0.239. The number of nitrogen functional groups attached to an aromatic ring is 1. The Bertz CT molecular complexity index is 318. The molecule has 0 spiro atoms. The number of nitrogens with zero attached hydrogens (tertiary/aromatic N) is 2. The molecule has 1 aromatic rings. The molecule has 0 aliphatic carbocycles. The average Bonchev–Trinajstić information content (AvgIpc) is 2.12. The first-order chi connectivity index (χ1) is 6.68. The number of nitrogens with two attached hydrogens (primary N) is 1. The Morgan fingerprint density at radius 2 is 2.43 bits per heavy atom. The lowest BCUT2D eigenvalue weighted by molar-refractivity contribution is 0.685. The first-order valence-corrected chi connectivity index (χ1v) is 6.03. The van der Waals surface area contributed by atoms with Crippen molar-refractivity contribution in [2.75, 3.05) is 29.6 Å². The van der Waals surface area contributed by atoms with Crippen LogP contribution >= 0.6 is 0 Å². The molecule has 5 nitrogen and oxygen atoms in total. The lowest BCUT2D eigenvalue weighted by Gasteiger charge is -2.04. The maximum atomic E-state index is 10.7. The van der Waals surface area contributed by atoms with Gasteiger partial charge in [0, 0.05) is 35.5 Å². The SMILES string of the molecule is CS(=O)CCCNc1ccnc(N)n1.